The van der Waals surface area contributed by atoms with E-state index in [1.807, 2.05) is 25.1 Å². The molecule has 0 radical (unpaired) electrons. The van der Waals surface area contributed by atoms with Crippen LogP contribution >= 0.6 is 0 Å². The van der Waals surface area contributed by atoms with Gasteiger partial charge in [0.2, 0.25) is 0 Å². The maximum absolute atomic E-state index is 12.2. The lowest BCUT2D eigenvalue weighted by Crippen LogP contribution is -2.31. The van der Waals surface area contributed by atoms with Crippen molar-refractivity contribution in [3.63, 3.8) is 0 Å². The van der Waals surface area contributed by atoms with Crippen molar-refractivity contribution < 1.29 is 9.90 Å². The van der Waals surface area contributed by atoms with E-state index in [0.29, 0.717) is 30.0 Å². The molecule has 1 aliphatic carbocycles. The standard InChI is InChI=1S/C26H27N3O3/c1-2-17-12-20(26(31)32)25(30)28-23(17)18-8-10-19(11-9-18)29-14-21-22(15-29)24(21)27-13-16-6-4-3-5-7-16/h3-12,21-22,24,27H,2,13-15H2,1H3,(H,28,30)(H,31,32)/t21-,22+,24?. The third-order valence-corrected chi connectivity index (χ3v) is 6.83. The number of aromatic carboxylic acids is 1. The Morgan fingerprint density at radius 1 is 1.09 bits per heavy atom. The summed E-state index contributed by atoms with van der Waals surface area (Å²) in [6, 6.07) is 20.8. The Morgan fingerprint density at radius 3 is 2.41 bits per heavy atom. The molecule has 1 aromatic heterocycles. The first-order chi connectivity index (χ1) is 15.5. The number of carboxylic acid groups (broad SMARTS) is 1. The van der Waals surface area contributed by atoms with Crippen molar-refractivity contribution in [3.8, 4) is 11.3 Å². The number of H-pyrrole nitrogens is 1. The van der Waals surface area contributed by atoms with E-state index >= 15 is 0 Å². The third kappa shape index (κ3) is 3.82. The number of piperidine rings is 1. The summed E-state index contributed by atoms with van der Waals surface area (Å²) in [6.07, 6.45) is 0.640. The zero-order valence-corrected chi connectivity index (χ0v) is 18.0. The monoisotopic (exact) mass is 429 g/mol. The lowest BCUT2D eigenvalue weighted by atomic mass is 10.0. The van der Waals surface area contributed by atoms with Gasteiger partial charge in [-0.2, -0.15) is 0 Å². The number of anilines is 1. The highest BCUT2D eigenvalue weighted by atomic mass is 16.4. The van der Waals surface area contributed by atoms with Crippen LogP contribution in [0.15, 0.2) is 65.5 Å². The van der Waals surface area contributed by atoms with Crippen molar-refractivity contribution in [1.82, 2.24) is 10.3 Å². The van der Waals surface area contributed by atoms with Crippen molar-refractivity contribution in [2.45, 2.75) is 25.9 Å². The van der Waals surface area contributed by atoms with Crippen molar-refractivity contribution in [1.29, 1.82) is 0 Å². The molecule has 1 saturated carbocycles. The van der Waals surface area contributed by atoms with Gasteiger partial charge >= 0.3 is 5.97 Å². The Morgan fingerprint density at radius 2 is 1.78 bits per heavy atom. The first-order valence-corrected chi connectivity index (χ1v) is 11.2. The van der Waals surface area contributed by atoms with Crippen LogP contribution in [-0.2, 0) is 13.0 Å². The van der Waals surface area contributed by atoms with Gasteiger partial charge in [0.25, 0.3) is 5.56 Å². The summed E-state index contributed by atoms with van der Waals surface area (Å²) in [7, 11) is 0. The molecule has 2 fully saturated rings. The molecule has 1 unspecified atom stereocenters. The number of carboxylic acids is 1. The molecule has 2 aliphatic rings. The van der Waals surface area contributed by atoms with E-state index in [0.717, 1.165) is 30.8 Å². The van der Waals surface area contributed by atoms with Crippen molar-refractivity contribution >= 4 is 11.7 Å². The number of hydrogen-bond acceptors (Lipinski definition) is 4. The number of carbonyl (C=O) groups is 1. The van der Waals surface area contributed by atoms with Crippen LogP contribution in [0.2, 0.25) is 0 Å². The molecule has 2 heterocycles. The number of nitrogens with zero attached hydrogens (tertiary/aromatic N) is 1. The third-order valence-electron chi connectivity index (χ3n) is 6.83. The highest BCUT2D eigenvalue weighted by Gasteiger charge is 2.55. The quantitative estimate of drug-likeness (QED) is 0.535. The summed E-state index contributed by atoms with van der Waals surface area (Å²) in [5.74, 6) is 0.196. The van der Waals surface area contributed by atoms with Crippen molar-refractivity contribution in [3.05, 3.63) is 87.7 Å². The maximum atomic E-state index is 12.2. The molecule has 2 aromatic carbocycles. The highest BCUT2D eigenvalue weighted by molar-refractivity contribution is 5.88. The van der Waals surface area contributed by atoms with Crippen LogP contribution in [0.1, 0.15) is 28.4 Å². The maximum Gasteiger partial charge on any atom is 0.341 e. The number of benzene rings is 2. The van der Waals surface area contributed by atoms with E-state index in [2.05, 4.69) is 51.6 Å². The first kappa shape index (κ1) is 20.5. The van der Waals surface area contributed by atoms with Gasteiger partial charge in [-0.1, -0.05) is 49.4 Å². The minimum absolute atomic E-state index is 0.214. The molecule has 6 nitrogen and oxygen atoms in total. The molecule has 3 atom stereocenters. The van der Waals surface area contributed by atoms with Crippen LogP contribution in [0.5, 0.6) is 0 Å². The molecule has 3 aromatic rings. The summed E-state index contributed by atoms with van der Waals surface area (Å²) in [6.45, 7) is 4.99. The second kappa shape index (κ2) is 8.28. The molecule has 0 amide bonds. The van der Waals surface area contributed by atoms with Gasteiger partial charge in [0.1, 0.15) is 5.56 Å². The van der Waals surface area contributed by atoms with E-state index in [1.165, 1.54) is 17.3 Å². The first-order valence-electron chi connectivity index (χ1n) is 11.2. The van der Waals surface area contributed by atoms with Gasteiger partial charge in [-0.05, 0) is 53.1 Å². The van der Waals surface area contributed by atoms with Crippen molar-refractivity contribution in [2.24, 2.45) is 11.8 Å². The number of aryl methyl sites for hydroxylation is 1. The van der Waals surface area contributed by atoms with Crippen LogP contribution in [0, 0.1) is 11.8 Å². The Balaban J connectivity index is 1.24. The van der Waals surface area contributed by atoms with Gasteiger partial charge < -0.3 is 20.3 Å². The number of hydrogen-bond donors (Lipinski definition) is 3. The molecule has 1 saturated heterocycles. The summed E-state index contributed by atoms with van der Waals surface area (Å²) in [5, 5.41) is 12.9. The Labute approximate surface area is 186 Å². The zero-order chi connectivity index (χ0) is 22.2. The number of aromatic nitrogens is 1. The van der Waals surface area contributed by atoms with Gasteiger partial charge in [-0.15, -0.1) is 0 Å². The molecule has 0 spiro atoms. The van der Waals surface area contributed by atoms with Crippen LogP contribution in [0.25, 0.3) is 11.3 Å². The fourth-order valence-electron chi connectivity index (χ4n) is 4.98. The highest BCUT2D eigenvalue weighted by Crippen LogP contribution is 2.47. The normalized spacial score (nSPS) is 21.4. The number of aromatic amines is 1. The van der Waals surface area contributed by atoms with Crippen LogP contribution in [-0.4, -0.2) is 35.2 Å². The van der Waals surface area contributed by atoms with Gasteiger partial charge in [0, 0.05) is 31.4 Å². The summed E-state index contributed by atoms with van der Waals surface area (Å²) >= 11 is 0. The number of fused-ring (bicyclic) bond motifs is 1. The minimum Gasteiger partial charge on any atom is -0.477 e. The predicted molar refractivity (Wildman–Crippen MR) is 125 cm³/mol. The van der Waals surface area contributed by atoms with Crippen LogP contribution < -0.4 is 15.8 Å². The molecule has 3 N–H and O–H groups in total. The Bertz CT molecular complexity index is 1180. The largest absolute Gasteiger partial charge is 0.477 e. The summed E-state index contributed by atoms with van der Waals surface area (Å²) in [4.78, 5) is 28.6. The smallest absolute Gasteiger partial charge is 0.341 e. The number of rotatable bonds is 7. The molecule has 6 heteroatoms. The Kier molecular flexibility index (Phi) is 5.31. The molecular weight excluding hydrogens is 402 g/mol. The zero-order valence-electron chi connectivity index (χ0n) is 18.0. The average molecular weight is 430 g/mol. The summed E-state index contributed by atoms with van der Waals surface area (Å²) < 4.78 is 0. The molecule has 32 heavy (non-hydrogen) atoms. The predicted octanol–water partition coefficient (Wildman–Crippen LogP) is 3.53. The van der Waals surface area contributed by atoms with Crippen molar-refractivity contribution in [2.75, 3.05) is 18.0 Å². The second-order valence-corrected chi connectivity index (χ2v) is 8.74. The van der Waals surface area contributed by atoms with E-state index in [1.54, 1.807) is 0 Å². The van der Waals surface area contributed by atoms with E-state index < -0.39 is 11.5 Å². The number of pyridine rings is 1. The Hall–Kier alpha value is -3.38. The van der Waals surface area contributed by atoms with Gasteiger partial charge in [-0.3, -0.25) is 4.79 Å². The summed E-state index contributed by atoms with van der Waals surface area (Å²) in [5.41, 5.74) is 4.15. The molecule has 164 valence electrons. The van der Waals surface area contributed by atoms with Gasteiger partial charge in [-0.25, -0.2) is 4.79 Å². The fraction of sp³-hybridized carbons (Fsp3) is 0.308. The number of nitrogens with one attached hydrogen (secondary N) is 2. The van der Waals surface area contributed by atoms with E-state index in [9.17, 15) is 14.7 Å². The van der Waals surface area contributed by atoms with Gasteiger partial charge in [0.15, 0.2) is 0 Å². The lowest BCUT2D eigenvalue weighted by molar-refractivity contribution is 0.0695. The average Bonchev–Trinajstić information content (AvgIpc) is 3.26. The molecule has 1 aliphatic heterocycles. The fourth-order valence-corrected chi connectivity index (χ4v) is 4.98. The van der Waals surface area contributed by atoms with E-state index in [-0.39, 0.29) is 5.56 Å². The van der Waals surface area contributed by atoms with Gasteiger partial charge in [0.05, 0.1) is 5.69 Å². The van der Waals surface area contributed by atoms with Crippen LogP contribution in [0.4, 0.5) is 5.69 Å². The minimum atomic E-state index is -1.20. The molecule has 5 rings (SSSR count). The molecule has 0 bridgehead atoms. The lowest BCUT2D eigenvalue weighted by Gasteiger charge is -2.23. The SMILES string of the molecule is CCc1cc(C(=O)O)c(=O)[nH]c1-c1ccc(N2C[C@@H]3C(NCc4ccccc4)[C@@H]3C2)cc1. The van der Waals surface area contributed by atoms with E-state index in [4.69, 9.17) is 0 Å². The molecular formula is C26H27N3O3. The van der Waals surface area contributed by atoms with Crippen LogP contribution in [0.3, 0.4) is 0 Å². The topological polar surface area (TPSA) is 85.4 Å². The second-order valence-electron chi connectivity index (χ2n) is 8.74.